The molecule has 0 spiro atoms. The summed E-state index contributed by atoms with van der Waals surface area (Å²) in [6.45, 7) is 5.00. The monoisotopic (exact) mass is 373 g/mol. The van der Waals surface area contributed by atoms with Crippen molar-refractivity contribution in [3.63, 3.8) is 0 Å². The van der Waals surface area contributed by atoms with Gasteiger partial charge in [-0.25, -0.2) is 4.98 Å². The highest BCUT2D eigenvalue weighted by Crippen LogP contribution is 2.16. The van der Waals surface area contributed by atoms with Gasteiger partial charge in [0.1, 0.15) is 0 Å². The van der Waals surface area contributed by atoms with E-state index in [1.54, 1.807) is 36.5 Å². The van der Waals surface area contributed by atoms with Crippen molar-refractivity contribution in [2.24, 2.45) is 0 Å². The summed E-state index contributed by atoms with van der Waals surface area (Å²) in [5, 5.41) is 8.83. The summed E-state index contributed by atoms with van der Waals surface area (Å²) in [6.07, 6.45) is 1.68. The van der Waals surface area contributed by atoms with Gasteiger partial charge < -0.3 is 14.5 Å². The van der Waals surface area contributed by atoms with E-state index in [0.717, 1.165) is 0 Å². The van der Waals surface area contributed by atoms with Gasteiger partial charge in [-0.1, -0.05) is 0 Å². The number of rotatable bonds is 4. The molecular weight excluding hydrogens is 354 g/mol. The van der Waals surface area contributed by atoms with Crippen molar-refractivity contribution in [2.75, 3.05) is 37.7 Å². The molecule has 0 aliphatic carbocycles. The minimum Gasteiger partial charge on any atom is -0.478 e. The second-order valence-electron chi connectivity index (χ2n) is 5.60. The first-order valence-corrected chi connectivity index (χ1v) is 8.21. The number of piperazine rings is 1. The molecule has 0 atom stereocenters. The minimum atomic E-state index is -0.0203. The summed E-state index contributed by atoms with van der Waals surface area (Å²) in [5.74, 6) is 1.16. The highest BCUT2D eigenvalue weighted by Gasteiger charge is 2.23. The van der Waals surface area contributed by atoms with Crippen LogP contribution in [0.25, 0.3) is 0 Å². The van der Waals surface area contributed by atoms with Crippen molar-refractivity contribution in [3.8, 4) is 11.9 Å². The molecule has 3 rings (SSSR count). The Morgan fingerprint density at radius 3 is 2.50 bits per heavy atom. The van der Waals surface area contributed by atoms with Gasteiger partial charge in [0.2, 0.25) is 11.8 Å². The molecule has 2 aromatic rings. The number of carbonyl (C=O) groups excluding carboxylic acids is 1. The molecule has 1 aliphatic rings. The average Bonchev–Trinajstić information content (AvgIpc) is 2.68. The lowest BCUT2D eigenvalue weighted by atomic mass is 10.1. The molecule has 1 aliphatic heterocycles. The Labute approximate surface area is 158 Å². The van der Waals surface area contributed by atoms with Crippen molar-refractivity contribution in [3.05, 3.63) is 47.7 Å². The maximum Gasteiger partial charge on any atom is 0.253 e. The van der Waals surface area contributed by atoms with Gasteiger partial charge in [0.25, 0.3) is 5.91 Å². The number of nitriles is 1. The molecule has 0 bridgehead atoms. The van der Waals surface area contributed by atoms with Crippen LogP contribution in [0.3, 0.4) is 0 Å². The second kappa shape index (κ2) is 9.02. The highest BCUT2D eigenvalue weighted by atomic mass is 35.5. The Kier molecular flexibility index (Phi) is 6.75. The van der Waals surface area contributed by atoms with E-state index in [2.05, 4.69) is 16.0 Å². The van der Waals surface area contributed by atoms with Gasteiger partial charge in [-0.15, -0.1) is 12.4 Å². The first kappa shape index (κ1) is 19.5. The number of benzene rings is 1. The number of halogens is 1. The molecule has 0 saturated carbocycles. The number of anilines is 1. The first-order valence-electron chi connectivity index (χ1n) is 8.21. The fourth-order valence-electron chi connectivity index (χ4n) is 2.69. The maximum absolute atomic E-state index is 12.6. The normalized spacial score (nSPS) is 13.5. The smallest absolute Gasteiger partial charge is 0.253 e. The number of hydrogen-bond acceptors (Lipinski definition) is 6. The molecule has 1 saturated heterocycles. The summed E-state index contributed by atoms with van der Waals surface area (Å²) in [4.78, 5) is 25.1. The van der Waals surface area contributed by atoms with E-state index >= 15 is 0 Å². The van der Waals surface area contributed by atoms with Crippen LogP contribution in [0.5, 0.6) is 5.88 Å². The average molecular weight is 374 g/mol. The third kappa shape index (κ3) is 4.41. The summed E-state index contributed by atoms with van der Waals surface area (Å²) >= 11 is 0. The summed E-state index contributed by atoms with van der Waals surface area (Å²) < 4.78 is 5.41. The lowest BCUT2D eigenvalue weighted by Gasteiger charge is -2.34. The van der Waals surface area contributed by atoms with E-state index in [9.17, 15) is 4.79 Å². The number of nitrogens with zero attached hydrogens (tertiary/aromatic N) is 5. The molecule has 8 heteroatoms. The fraction of sp³-hybridized carbons (Fsp3) is 0.333. The standard InChI is InChI=1S/C18H19N5O2.ClH/c1-2-25-16-7-8-20-18(21-16)23-11-9-22(10-12-23)17(24)15-5-3-14(13-19)4-6-15;/h3-8H,2,9-12H2,1H3;1H. The van der Waals surface area contributed by atoms with Crippen LogP contribution < -0.4 is 9.64 Å². The quantitative estimate of drug-likeness (QED) is 0.816. The summed E-state index contributed by atoms with van der Waals surface area (Å²) in [5.41, 5.74) is 1.15. The Balaban J connectivity index is 0.00000243. The molecule has 1 aromatic carbocycles. The number of hydrogen-bond donors (Lipinski definition) is 0. The number of amides is 1. The number of aromatic nitrogens is 2. The van der Waals surface area contributed by atoms with Crippen LogP contribution in [0.2, 0.25) is 0 Å². The van der Waals surface area contributed by atoms with Crippen molar-refractivity contribution in [1.82, 2.24) is 14.9 Å². The largest absolute Gasteiger partial charge is 0.478 e. The lowest BCUT2D eigenvalue weighted by molar-refractivity contribution is 0.0746. The van der Waals surface area contributed by atoms with Crippen LogP contribution in [-0.4, -0.2) is 53.6 Å². The van der Waals surface area contributed by atoms with Gasteiger partial charge in [0.15, 0.2) is 0 Å². The van der Waals surface area contributed by atoms with Gasteiger partial charge in [-0.05, 0) is 31.2 Å². The number of ether oxygens (including phenoxy) is 1. The van der Waals surface area contributed by atoms with Gasteiger partial charge in [-0.2, -0.15) is 10.2 Å². The van der Waals surface area contributed by atoms with Crippen LogP contribution in [0.15, 0.2) is 36.5 Å². The van der Waals surface area contributed by atoms with E-state index in [4.69, 9.17) is 10.00 Å². The predicted molar refractivity (Wildman–Crippen MR) is 99.7 cm³/mol. The van der Waals surface area contributed by atoms with Gasteiger partial charge in [0.05, 0.1) is 18.2 Å². The van der Waals surface area contributed by atoms with Gasteiger partial charge in [-0.3, -0.25) is 4.79 Å². The molecule has 1 aromatic heterocycles. The second-order valence-corrected chi connectivity index (χ2v) is 5.60. The SMILES string of the molecule is CCOc1ccnc(N2CCN(C(=O)c3ccc(C#N)cc3)CC2)n1.Cl. The molecule has 0 unspecified atom stereocenters. The Hall–Kier alpha value is -2.85. The topological polar surface area (TPSA) is 82.4 Å². The number of carbonyl (C=O) groups is 1. The molecule has 136 valence electrons. The van der Waals surface area contributed by atoms with Crippen LogP contribution in [0.1, 0.15) is 22.8 Å². The van der Waals surface area contributed by atoms with E-state index in [-0.39, 0.29) is 18.3 Å². The van der Waals surface area contributed by atoms with E-state index in [1.165, 1.54) is 0 Å². The Morgan fingerprint density at radius 2 is 1.88 bits per heavy atom. The minimum absolute atomic E-state index is 0. The molecule has 0 radical (unpaired) electrons. The Morgan fingerprint density at radius 1 is 1.19 bits per heavy atom. The van der Waals surface area contributed by atoms with Crippen LogP contribution >= 0.6 is 12.4 Å². The van der Waals surface area contributed by atoms with E-state index < -0.39 is 0 Å². The van der Waals surface area contributed by atoms with Crippen molar-refractivity contribution in [2.45, 2.75) is 6.92 Å². The van der Waals surface area contributed by atoms with Crippen molar-refractivity contribution < 1.29 is 9.53 Å². The molecule has 2 heterocycles. The van der Waals surface area contributed by atoms with E-state index in [1.807, 2.05) is 16.7 Å². The molecule has 7 nitrogen and oxygen atoms in total. The summed E-state index contributed by atoms with van der Waals surface area (Å²) in [7, 11) is 0. The zero-order valence-corrected chi connectivity index (χ0v) is 15.3. The van der Waals surface area contributed by atoms with E-state index in [0.29, 0.717) is 55.7 Å². The zero-order chi connectivity index (χ0) is 17.6. The Bertz CT molecular complexity index is 783. The highest BCUT2D eigenvalue weighted by molar-refractivity contribution is 5.94. The fourth-order valence-corrected chi connectivity index (χ4v) is 2.69. The van der Waals surface area contributed by atoms with Crippen molar-refractivity contribution >= 4 is 24.3 Å². The third-order valence-corrected chi connectivity index (χ3v) is 4.02. The van der Waals surface area contributed by atoms with Crippen molar-refractivity contribution in [1.29, 1.82) is 5.26 Å². The molecule has 1 amide bonds. The maximum atomic E-state index is 12.6. The van der Waals surface area contributed by atoms with Crippen LogP contribution in [-0.2, 0) is 0 Å². The predicted octanol–water partition coefficient (Wildman–Crippen LogP) is 2.13. The van der Waals surface area contributed by atoms with Gasteiger partial charge >= 0.3 is 0 Å². The molecular formula is C18H20ClN5O2. The molecule has 1 fully saturated rings. The molecule has 26 heavy (non-hydrogen) atoms. The first-order chi connectivity index (χ1) is 12.2. The van der Waals surface area contributed by atoms with Crippen LogP contribution in [0, 0.1) is 11.3 Å². The molecule has 0 N–H and O–H groups in total. The zero-order valence-electron chi connectivity index (χ0n) is 14.5. The van der Waals surface area contributed by atoms with Gasteiger partial charge in [0, 0.05) is 44.0 Å². The summed E-state index contributed by atoms with van der Waals surface area (Å²) in [6, 6.07) is 10.5. The lowest BCUT2D eigenvalue weighted by Crippen LogP contribution is -2.49. The van der Waals surface area contributed by atoms with Crippen LogP contribution in [0.4, 0.5) is 5.95 Å². The third-order valence-electron chi connectivity index (χ3n) is 4.02.